The molecule has 1 fully saturated rings. The van der Waals surface area contributed by atoms with Gasteiger partial charge in [-0.2, -0.15) is 4.98 Å². The van der Waals surface area contributed by atoms with Crippen molar-refractivity contribution in [2.24, 2.45) is 0 Å². The number of nitrogens with zero attached hydrogens (tertiary/aromatic N) is 6. The third-order valence-corrected chi connectivity index (χ3v) is 5.84. The molecule has 10 nitrogen and oxygen atoms in total. The number of hydrogen-bond donors (Lipinski definition) is 3. The zero-order valence-electron chi connectivity index (χ0n) is 18.2. The number of anilines is 2. The van der Waals surface area contributed by atoms with Crippen LogP contribution in [-0.2, 0) is 11.3 Å². The van der Waals surface area contributed by atoms with Gasteiger partial charge in [0.05, 0.1) is 43.3 Å². The highest BCUT2D eigenvalue weighted by atomic mass is 19.3. The molecule has 0 aliphatic heterocycles. The van der Waals surface area contributed by atoms with Crippen molar-refractivity contribution in [3.05, 3.63) is 30.0 Å². The first kappa shape index (κ1) is 22.3. The highest BCUT2D eigenvalue weighted by molar-refractivity contribution is 5.89. The van der Waals surface area contributed by atoms with Gasteiger partial charge in [-0.05, 0) is 31.9 Å². The summed E-state index contributed by atoms with van der Waals surface area (Å²) in [5.41, 5.74) is 7.35. The minimum atomic E-state index is -2.59. The summed E-state index contributed by atoms with van der Waals surface area (Å²) in [5.74, 6) is 0.0534. The number of aromatic nitrogens is 6. The normalized spacial score (nSPS) is 18.2. The van der Waals surface area contributed by atoms with E-state index in [0.29, 0.717) is 17.9 Å². The van der Waals surface area contributed by atoms with Crippen molar-refractivity contribution in [1.82, 2.24) is 29.1 Å². The summed E-state index contributed by atoms with van der Waals surface area (Å²) >= 11 is 0. The highest BCUT2D eigenvalue weighted by Gasteiger charge is 2.31. The largest absolute Gasteiger partial charge is 0.394 e. The molecule has 13 heteroatoms. The molecule has 4 aromatic rings. The zero-order valence-corrected chi connectivity index (χ0v) is 18.2. The van der Waals surface area contributed by atoms with E-state index in [1.807, 2.05) is 0 Å². The van der Waals surface area contributed by atoms with Crippen LogP contribution in [-0.4, -0.2) is 66.0 Å². The van der Waals surface area contributed by atoms with Gasteiger partial charge in [-0.25, -0.2) is 27.7 Å². The maximum atomic E-state index is 15.0. The molecule has 5 rings (SSSR count). The monoisotopic (exact) mass is 476 g/mol. The van der Waals surface area contributed by atoms with Crippen LogP contribution >= 0.6 is 0 Å². The predicted octanol–water partition coefficient (Wildman–Crippen LogP) is 2.39. The Bertz CT molecular complexity index is 1350. The van der Waals surface area contributed by atoms with Crippen LogP contribution in [0.15, 0.2) is 18.3 Å². The summed E-state index contributed by atoms with van der Waals surface area (Å²) in [6, 6.07) is 3.24. The molecule has 4 heterocycles. The summed E-state index contributed by atoms with van der Waals surface area (Å²) in [4.78, 5) is 13.0. The lowest BCUT2D eigenvalue weighted by molar-refractivity contribution is -0.0196. The van der Waals surface area contributed by atoms with Gasteiger partial charge in [0, 0.05) is 6.04 Å². The minimum absolute atomic E-state index is 0.0254. The first-order valence-electron chi connectivity index (χ1n) is 10.8. The van der Waals surface area contributed by atoms with Crippen molar-refractivity contribution < 1.29 is 23.0 Å². The first-order valence-corrected chi connectivity index (χ1v) is 10.8. The number of nitrogen functional groups attached to an aromatic ring is 1. The minimum Gasteiger partial charge on any atom is -0.394 e. The molecule has 1 aliphatic carbocycles. The van der Waals surface area contributed by atoms with Gasteiger partial charge in [-0.15, -0.1) is 5.10 Å². The average molecular weight is 476 g/mol. The molecule has 0 amide bonds. The zero-order chi connectivity index (χ0) is 24.0. The van der Waals surface area contributed by atoms with Gasteiger partial charge in [0.2, 0.25) is 5.95 Å². The van der Waals surface area contributed by atoms with Crippen LogP contribution in [0.5, 0.6) is 0 Å². The van der Waals surface area contributed by atoms with E-state index in [1.54, 1.807) is 19.1 Å². The van der Waals surface area contributed by atoms with Crippen molar-refractivity contribution >= 4 is 28.4 Å². The lowest BCUT2D eigenvalue weighted by Crippen LogP contribution is -2.41. The van der Waals surface area contributed by atoms with Crippen LogP contribution in [0.25, 0.3) is 27.9 Å². The summed E-state index contributed by atoms with van der Waals surface area (Å²) in [7, 11) is 0. The number of nitrogens with one attached hydrogen (secondary N) is 1. The van der Waals surface area contributed by atoms with Crippen LogP contribution in [0.3, 0.4) is 0 Å². The Kier molecular flexibility index (Phi) is 5.73. The molecule has 4 aromatic heterocycles. The Hall–Kier alpha value is -3.45. The molecule has 34 heavy (non-hydrogen) atoms. The lowest BCUT2D eigenvalue weighted by Gasteiger charge is -2.35. The molecule has 0 bridgehead atoms. The standard InChI is InChI=1S/C21H23F3N8O2/c1-10-26-15-3-2-14(28-20(15)31(10)9-16(23)24)17-13(22)8-32-18(17)19(25)29-21(30-32)27-11-6-12(7-11)34-5-4-33/h2-3,8,11-12,16,33H,4-7,9H2,1H3,(H3,25,27,29,30). The second-order valence-electron chi connectivity index (χ2n) is 8.19. The number of rotatable bonds is 8. The van der Waals surface area contributed by atoms with Gasteiger partial charge >= 0.3 is 0 Å². The van der Waals surface area contributed by atoms with Gasteiger partial charge in [0.15, 0.2) is 17.3 Å². The van der Waals surface area contributed by atoms with E-state index in [0.717, 1.165) is 12.8 Å². The molecule has 0 saturated heterocycles. The number of alkyl halides is 2. The van der Waals surface area contributed by atoms with Crippen LogP contribution in [0, 0.1) is 12.7 Å². The van der Waals surface area contributed by atoms with Crippen molar-refractivity contribution in [3.63, 3.8) is 0 Å². The maximum absolute atomic E-state index is 15.0. The molecule has 1 saturated carbocycles. The van der Waals surface area contributed by atoms with E-state index in [1.165, 1.54) is 15.3 Å². The third-order valence-electron chi connectivity index (χ3n) is 5.84. The number of aliphatic hydroxyl groups is 1. The Morgan fingerprint density at radius 3 is 2.79 bits per heavy atom. The first-order chi connectivity index (χ1) is 16.3. The fourth-order valence-corrected chi connectivity index (χ4v) is 4.22. The molecular formula is C21H23F3N8O2. The number of imidazole rings is 1. The van der Waals surface area contributed by atoms with E-state index in [2.05, 4.69) is 25.4 Å². The van der Waals surface area contributed by atoms with Crippen LogP contribution in [0.1, 0.15) is 18.7 Å². The molecule has 0 aromatic carbocycles. The van der Waals surface area contributed by atoms with Crippen molar-refractivity contribution in [2.75, 3.05) is 24.3 Å². The lowest BCUT2D eigenvalue weighted by atomic mass is 9.89. The SMILES string of the molecule is Cc1nc2ccc(-c3c(F)cn4nc(NC5CC(OCCO)C5)nc(N)c34)nc2n1CC(F)F. The predicted molar refractivity (Wildman–Crippen MR) is 118 cm³/mol. The van der Waals surface area contributed by atoms with Gasteiger partial charge in [-0.3, -0.25) is 0 Å². The van der Waals surface area contributed by atoms with Gasteiger partial charge < -0.3 is 25.5 Å². The summed E-state index contributed by atoms with van der Waals surface area (Å²) in [6.07, 6.45) is 0.0973. The molecular weight excluding hydrogens is 453 g/mol. The Labute approximate surface area is 191 Å². The average Bonchev–Trinajstić information content (AvgIpc) is 3.25. The number of halogens is 3. The number of ether oxygens (including phenoxy) is 1. The number of aryl methyl sites for hydroxylation is 1. The summed E-state index contributed by atoms with van der Waals surface area (Å²) in [6.45, 7) is 1.32. The van der Waals surface area contributed by atoms with Crippen molar-refractivity contribution in [3.8, 4) is 11.3 Å². The number of hydrogen-bond acceptors (Lipinski definition) is 8. The van der Waals surface area contributed by atoms with Crippen LogP contribution < -0.4 is 11.1 Å². The van der Waals surface area contributed by atoms with E-state index in [4.69, 9.17) is 15.6 Å². The number of nitrogens with two attached hydrogens (primary N) is 1. The fraction of sp³-hybridized carbons (Fsp3) is 0.429. The summed E-state index contributed by atoms with van der Waals surface area (Å²) < 4.78 is 49.2. The molecule has 0 spiro atoms. The summed E-state index contributed by atoms with van der Waals surface area (Å²) in [5, 5.41) is 16.3. The molecule has 4 N–H and O–H groups in total. The van der Waals surface area contributed by atoms with E-state index < -0.39 is 18.8 Å². The van der Waals surface area contributed by atoms with Gasteiger partial charge in [0.25, 0.3) is 6.43 Å². The topological polar surface area (TPSA) is 128 Å². The fourth-order valence-electron chi connectivity index (χ4n) is 4.22. The Morgan fingerprint density at radius 1 is 1.26 bits per heavy atom. The van der Waals surface area contributed by atoms with Crippen molar-refractivity contribution in [2.45, 2.75) is 44.9 Å². The molecule has 0 unspecified atom stereocenters. The van der Waals surface area contributed by atoms with Crippen molar-refractivity contribution in [1.29, 1.82) is 0 Å². The number of fused-ring (bicyclic) bond motifs is 2. The number of aliphatic hydroxyl groups excluding tert-OH is 1. The second kappa shape index (κ2) is 8.72. The highest BCUT2D eigenvalue weighted by Crippen LogP contribution is 2.33. The van der Waals surface area contributed by atoms with Crippen LogP contribution in [0.4, 0.5) is 24.9 Å². The van der Waals surface area contributed by atoms with Gasteiger partial charge in [-0.1, -0.05) is 0 Å². The molecule has 180 valence electrons. The van der Waals surface area contributed by atoms with E-state index in [9.17, 15) is 8.78 Å². The molecule has 0 radical (unpaired) electrons. The smallest absolute Gasteiger partial charge is 0.256 e. The molecule has 0 atom stereocenters. The quantitative estimate of drug-likeness (QED) is 0.354. The third kappa shape index (κ3) is 4.01. The number of pyridine rings is 1. The Morgan fingerprint density at radius 2 is 2.06 bits per heavy atom. The maximum Gasteiger partial charge on any atom is 0.256 e. The molecule has 1 aliphatic rings. The van der Waals surface area contributed by atoms with Gasteiger partial charge in [0.1, 0.15) is 16.9 Å². The Balaban J connectivity index is 1.46. The van der Waals surface area contributed by atoms with E-state index in [-0.39, 0.29) is 52.9 Å². The van der Waals surface area contributed by atoms with Crippen LogP contribution in [0.2, 0.25) is 0 Å². The van der Waals surface area contributed by atoms with E-state index >= 15 is 4.39 Å². The second-order valence-corrected chi connectivity index (χ2v) is 8.19.